The predicted octanol–water partition coefficient (Wildman–Crippen LogP) is 22.5. The lowest BCUT2D eigenvalue weighted by atomic mass is 10.0. The Balaban J connectivity index is 3.82. The van der Waals surface area contributed by atoms with Gasteiger partial charge >= 0.3 is 19.8 Å². The minimum Gasteiger partial charge on any atom is -0.462 e. The minimum absolute atomic E-state index is 0.0545. The molecule has 9 nitrogen and oxygen atoms in total. The van der Waals surface area contributed by atoms with Crippen molar-refractivity contribution in [1.29, 1.82) is 0 Å². The Morgan fingerprint density at radius 3 is 1.02 bits per heavy atom. The standard InChI is InChI=1S/C70H132NO8P/c1-3-5-7-9-11-13-15-17-19-21-23-25-27-29-31-32-33-34-35-37-38-40-42-44-46-48-50-52-54-56-58-60-62-69(72)76-66-68(67-78-80(74,75)77-65-64-71)79-70(73)63-61-59-57-55-53-51-49-47-45-43-41-39-36-30-28-26-24-22-20-18-16-14-12-10-8-6-4-2/h6,8,12,14,18,20,24,26,68H,3-5,7,9-11,13,15-17,19,21-23,25,27-67,71H2,1-2H3,(H,74,75)/b8-6-,14-12-,20-18-,26-24-. The summed E-state index contributed by atoms with van der Waals surface area (Å²) in [5, 5.41) is 0. The van der Waals surface area contributed by atoms with Crippen molar-refractivity contribution in [2.24, 2.45) is 5.73 Å². The number of carbonyl (C=O) groups is 2. The van der Waals surface area contributed by atoms with Crippen molar-refractivity contribution in [1.82, 2.24) is 0 Å². The molecule has 0 amide bonds. The number of carbonyl (C=O) groups excluding carboxylic acids is 2. The number of unbranched alkanes of at least 4 members (excludes halogenated alkanes) is 45. The highest BCUT2D eigenvalue weighted by Crippen LogP contribution is 2.43. The largest absolute Gasteiger partial charge is 0.472 e. The first kappa shape index (κ1) is 78.0. The van der Waals surface area contributed by atoms with Gasteiger partial charge in [-0.3, -0.25) is 18.6 Å². The van der Waals surface area contributed by atoms with Gasteiger partial charge in [0, 0.05) is 19.4 Å². The molecule has 2 atom stereocenters. The second-order valence-corrected chi connectivity index (χ2v) is 24.8. The average molecular weight is 1150 g/mol. The van der Waals surface area contributed by atoms with Crippen LogP contribution in [0.25, 0.3) is 0 Å². The molecular formula is C70H132NO8P. The molecule has 0 aliphatic rings. The summed E-state index contributed by atoms with van der Waals surface area (Å²) >= 11 is 0. The maximum absolute atomic E-state index is 12.8. The number of phosphoric ester groups is 1. The van der Waals surface area contributed by atoms with Crippen LogP contribution < -0.4 is 5.73 Å². The summed E-state index contributed by atoms with van der Waals surface area (Å²) in [5.41, 5.74) is 5.40. The molecule has 0 saturated carbocycles. The van der Waals surface area contributed by atoms with Crippen LogP contribution in [0, 0.1) is 0 Å². The highest BCUT2D eigenvalue weighted by Gasteiger charge is 2.26. The Bertz CT molecular complexity index is 1450. The van der Waals surface area contributed by atoms with Gasteiger partial charge in [0.25, 0.3) is 0 Å². The molecule has 0 spiro atoms. The van der Waals surface area contributed by atoms with E-state index < -0.39 is 26.5 Å². The van der Waals surface area contributed by atoms with Crippen LogP contribution in [-0.4, -0.2) is 49.3 Å². The number of hydrogen-bond acceptors (Lipinski definition) is 8. The van der Waals surface area contributed by atoms with Gasteiger partial charge in [0.05, 0.1) is 13.2 Å². The lowest BCUT2D eigenvalue weighted by molar-refractivity contribution is -0.161. The van der Waals surface area contributed by atoms with Gasteiger partial charge in [-0.1, -0.05) is 339 Å². The number of phosphoric acid groups is 1. The Kier molecular flexibility index (Phi) is 64.4. The maximum atomic E-state index is 12.8. The molecule has 0 heterocycles. The van der Waals surface area contributed by atoms with E-state index >= 15 is 0 Å². The molecule has 0 fully saturated rings. The Morgan fingerprint density at radius 2 is 0.688 bits per heavy atom. The third kappa shape index (κ3) is 65.1. The second-order valence-electron chi connectivity index (χ2n) is 23.4. The number of hydrogen-bond donors (Lipinski definition) is 2. The Morgan fingerprint density at radius 1 is 0.388 bits per heavy atom. The topological polar surface area (TPSA) is 134 Å². The fourth-order valence-electron chi connectivity index (χ4n) is 10.4. The summed E-state index contributed by atoms with van der Waals surface area (Å²) in [6.07, 6.45) is 83.6. The molecule has 80 heavy (non-hydrogen) atoms. The highest BCUT2D eigenvalue weighted by atomic mass is 31.2. The first-order chi connectivity index (χ1) is 39.3. The van der Waals surface area contributed by atoms with Crippen LogP contribution in [0.2, 0.25) is 0 Å². The van der Waals surface area contributed by atoms with Gasteiger partial charge in [-0.05, 0) is 51.4 Å². The maximum Gasteiger partial charge on any atom is 0.472 e. The zero-order valence-corrected chi connectivity index (χ0v) is 53.7. The molecule has 3 N–H and O–H groups in total. The lowest BCUT2D eigenvalue weighted by Gasteiger charge is -2.19. The summed E-state index contributed by atoms with van der Waals surface area (Å²) in [6.45, 7) is 3.70. The zero-order chi connectivity index (χ0) is 58.0. The quantitative estimate of drug-likeness (QED) is 0.0264. The molecule has 470 valence electrons. The minimum atomic E-state index is -4.39. The van der Waals surface area contributed by atoms with Crippen molar-refractivity contribution in [3.8, 4) is 0 Å². The lowest BCUT2D eigenvalue weighted by Crippen LogP contribution is -2.29. The van der Waals surface area contributed by atoms with Gasteiger partial charge < -0.3 is 20.1 Å². The van der Waals surface area contributed by atoms with Gasteiger partial charge in [0.1, 0.15) is 6.61 Å². The number of nitrogens with two attached hydrogens (primary N) is 1. The van der Waals surface area contributed by atoms with Gasteiger partial charge in [0.15, 0.2) is 6.10 Å². The van der Waals surface area contributed by atoms with Crippen molar-refractivity contribution in [3.05, 3.63) is 48.6 Å². The van der Waals surface area contributed by atoms with Crippen LogP contribution in [-0.2, 0) is 32.7 Å². The molecule has 0 aliphatic carbocycles. The number of esters is 2. The van der Waals surface area contributed by atoms with Crippen LogP contribution in [0.4, 0.5) is 0 Å². The molecule has 2 unspecified atom stereocenters. The number of allylic oxidation sites excluding steroid dienone is 8. The van der Waals surface area contributed by atoms with Crippen molar-refractivity contribution < 1.29 is 37.6 Å². The van der Waals surface area contributed by atoms with Gasteiger partial charge in [0.2, 0.25) is 0 Å². The molecule has 0 aromatic rings. The highest BCUT2D eigenvalue weighted by molar-refractivity contribution is 7.47. The van der Waals surface area contributed by atoms with Crippen molar-refractivity contribution in [2.75, 3.05) is 26.4 Å². The van der Waals surface area contributed by atoms with Crippen LogP contribution in [0.15, 0.2) is 48.6 Å². The molecule has 0 rings (SSSR count). The van der Waals surface area contributed by atoms with Gasteiger partial charge in [-0.25, -0.2) is 4.57 Å². The normalized spacial score (nSPS) is 13.2. The summed E-state index contributed by atoms with van der Waals surface area (Å²) in [5.74, 6) is -0.810. The fourth-order valence-corrected chi connectivity index (χ4v) is 11.2. The molecule has 0 saturated heterocycles. The van der Waals surface area contributed by atoms with E-state index in [4.69, 9.17) is 24.3 Å². The number of ether oxygens (including phenoxy) is 2. The third-order valence-corrected chi connectivity index (χ3v) is 16.5. The van der Waals surface area contributed by atoms with E-state index in [0.29, 0.717) is 6.42 Å². The van der Waals surface area contributed by atoms with Crippen LogP contribution in [0.1, 0.15) is 354 Å². The van der Waals surface area contributed by atoms with E-state index in [0.717, 1.165) is 64.2 Å². The monoisotopic (exact) mass is 1150 g/mol. The zero-order valence-electron chi connectivity index (χ0n) is 52.8. The van der Waals surface area contributed by atoms with Gasteiger partial charge in [-0.2, -0.15) is 0 Å². The Labute approximate surface area is 496 Å². The molecule has 10 heteroatoms. The molecule has 0 radical (unpaired) electrons. The van der Waals surface area contributed by atoms with Crippen LogP contribution in [0.3, 0.4) is 0 Å². The SMILES string of the molecule is CC/C=C\C/C=C\C/C=C\C/C=C\CCCCCCCCCCCCCCCCC(=O)OC(COC(=O)CCCCCCCCCCCCCCCCCCCCCCCCCCCCCCCCCC)COP(=O)(O)OCCN. The van der Waals surface area contributed by atoms with E-state index in [9.17, 15) is 19.0 Å². The van der Waals surface area contributed by atoms with Crippen molar-refractivity contribution in [2.45, 2.75) is 360 Å². The van der Waals surface area contributed by atoms with E-state index in [-0.39, 0.29) is 38.6 Å². The summed E-state index contributed by atoms with van der Waals surface area (Å²) in [7, 11) is -4.39. The Hall–Kier alpha value is -2.03. The van der Waals surface area contributed by atoms with Crippen molar-refractivity contribution in [3.63, 3.8) is 0 Å². The van der Waals surface area contributed by atoms with E-state index in [1.807, 2.05) is 0 Å². The fraction of sp³-hybridized carbons (Fsp3) is 0.857. The molecule has 0 bridgehead atoms. The summed E-state index contributed by atoms with van der Waals surface area (Å²) in [6, 6.07) is 0. The smallest absolute Gasteiger partial charge is 0.462 e. The average Bonchev–Trinajstić information content (AvgIpc) is 3.45. The summed E-state index contributed by atoms with van der Waals surface area (Å²) in [4.78, 5) is 35.3. The molecule has 0 aromatic heterocycles. The van der Waals surface area contributed by atoms with Gasteiger partial charge in [-0.15, -0.1) is 0 Å². The second kappa shape index (κ2) is 66.1. The van der Waals surface area contributed by atoms with Crippen LogP contribution >= 0.6 is 7.82 Å². The predicted molar refractivity (Wildman–Crippen MR) is 344 cm³/mol. The summed E-state index contributed by atoms with van der Waals surface area (Å²) < 4.78 is 33.2. The molecule has 0 aliphatic heterocycles. The van der Waals surface area contributed by atoms with E-state index in [2.05, 4.69) is 62.5 Å². The van der Waals surface area contributed by atoms with E-state index in [1.54, 1.807) is 0 Å². The first-order valence-electron chi connectivity index (χ1n) is 34.6. The molecule has 0 aromatic carbocycles. The third-order valence-electron chi connectivity index (χ3n) is 15.5. The number of rotatable bonds is 66. The first-order valence-corrected chi connectivity index (χ1v) is 36.1. The molecular weight excluding hydrogens is 1010 g/mol. The van der Waals surface area contributed by atoms with E-state index in [1.165, 1.54) is 257 Å². The van der Waals surface area contributed by atoms with Crippen molar-refractivity contribution >= 4 is 19.8 Å². The van der Waals surface area contributed by atoms with Crippen LogP contribution in [0.5, 0.6) is 0 Å².